The second kappa shape index (κ2) is 3.37. The van der Waals surface area contributed by atoms with E-state index >= 15 is 0 Å². The minimum atomic E-state index is 0.156. The molecule has 1 aromatic heterocycles. The normalized spacial score (nSPS) is 10.0. The fourth-order valence-corrected chi connectivity index (χ4v) is 1.26. The Labute approximate surface area is 66.3 Å². The van der Waals surface area contributed by atoms with Gasteiger partial charge in [-0.15, -0.1) is 0 Å². The lowest BCUT2D eigenvalue weighted by atomic mass is 10.1. The lowest BCUT2D eigenvalue weighted by Crippen LogP contribution is -2.10. The van der Waals surface area contributed by atoms with Crippen LogP contribution in [0.3, 0.4) is 0 Å². The number of aromatic nitrogens is 1. The highest BCUT2D eigenvalue weighted by Crippen LogP contribution is 2.00. The molecule has 0 fully saturated rings. The van der Waals surface area contributed by atoms with Gasteiger partial charge in [0.1, 0.15) is 0 Å². The molecule has 2 heteroatoms. The molecule has 11 heavy (non-hydrogen) atoms. The summed E-state index contributed by atoms with van der Waals surface area (Å²) in [4.78, 5) is 14.3. The zero-order valence-electron chi connectivity index (χ0n) is 6.98. The molecule has 1 rings (SSSR count). The van der Waals surface area contributed by atoms with Gasteiger partial charge >= 0.3 is 0 Å². The van der Waals surface area contributed by atoms with Gasteiger partial charge in [-0.2, -0.15) is 0 Å². The van der Waals surface area contributed by atoms with Crippen molar-refractivity contribution in [1.82, 2.24) is 4.98 Å². The number of rotatable bonds is 2. The van der Waals surface area contributed by atoms with E-state index in [9.17, 15) is 4.79 Å². The zero-order chi connectivity index (χ0) is 8.27. The second-order valence-electron chi connectivity index (χ2n) is 2.51. The predicted molar refractivity (Wildman–Crippen MR) is 45.8 cm³/mol. The Hall–Kier alpha value is -1.05. The highest BCUT2D eigenvalue weighted by molar-refractivity contribution is 5.19. The number of pyridine rings is 1. The summed E-state index contributed by atoms with van der Waals surface area (Å²) in [6, 6.07) is 1.58. The molecule has 0 radical (unpaired) electrons. The summed E-state index contributed by atoms with van der Waals surface area (Å²) in [7, 11) is 0. The molecule has 0 unspecified atom stereocenters. The topological polar surface area (TPSA) is 32.9 Å². The van der Waals surface area contributed by atoms with Gasteiger partial charge in [0.25, 0.3) is 0 Å². The summed E-state index contributed by atoms with van der Waals surface area (Å²) < 4.78 is 0. The van der Waals surface area contributed by atoms with Crippen molar-refractivity contribution in [2.45, 2.75) is 26.7 Å². The van der Waals surface area contributed by atoms with E-state index in [0.717, 1.165) is 24.1 Å². The molecule has 1 heterocycles. The van der Waals surface area contributed by atoms with Crippen LogP contribution in [0.5, 0.6) is 0 Å². The van der Waals surface area contributed by atoms with Crippen LogP contribution < -0.4 is 5.43 Å². The number of aromatic amines is 1. The smallest absolute Gasteiger partial charge is 0.184 e. The number of aryl methyl sites for hydroxylation is 1. The van der Waals surface area contributed by atoms with Crippen molar-refractivity contribution < 1.29 is 0 Å². The standard InChI is InChI=1S/C9H13NO/c1-3-7-8(4-2)10-6-5-9(7)11/h5-6H,3-4H2,1-2H3,(H,10,11). The molecule has 0 saturated heterocycles. The van der Waals surface area contributed by atoms with Crippen LogP contribution in [0.2, 0.25) is 0 Å². The summed E-state index contributed by atoms with van der Waals surface area (Å²) >= 11 is 0. The van der Waals surface area contributed by atoms with E-state index in [2.05, 4.69) is 4.98 Å². The molecule has 0 saturated carbocycles. The van der Waals surface area contributed by atoms with Crippen LogP contribution in [0, 0.1) is 0 Å². The minimum Gasteiger partial charge on any atom is -0.365 e. The van der Waals surface area contributed by atoms with E-state index < -0.39 is 0 Å². The minimum absolute atomic E-state index is 0.156. The van der Waals surface area contributed by atoms with Gasteiger partial charge in [0.05, 0.1) is 0 Å². The Morgan fingerprint density at radius 3 is 2.55 bits per heavy atom. The quantitative estimate of drug-likeness (QED) is 0.682. The van der Waals surface area contributed by atoms with Crippen molar-refractivity contribution in [2.24, 2.45) is 0 Å². The largest absolute Gasteiger partial charge is 0.365 e. The lowest BCUT2D eigenvalue weighted by Gasteiger charge is -2.02. The molecule has 2 nitrogen and oxygen atoms in total. The van der Waals surface area contributed by atoms with Gasteiger partial charge in [-0.1, -0.05) is 13.8 Å². The van der Waals surface area contributed by atoms with Crippen LogP contribution >= 0.6 is 0 Å². The lowest BCUT2D eigenvalue weighted by molar-refractivity contribution is 0.951. The van der Waals surface area contributed by atoms with Gasteiger partial charge in [0, 0.05) is 23.5 Å². The first-order valence-electron chi connectivity index (χ1n) is 3.99. The highest BCUT2D eigenvalue weighted by Gasteiger charge is 2.00. The first-order chi connectivity index (χ1) is 5.29. The number of H-pyrrole nitrogens is 1. The maximum Gasteiger partial charge on any atom is 0.184 e. The molecule has 0 aliphatic rings. The van der Waals surface area contributed by atoms with Crippen LogP contribution in [-0.4, -0.2) is 4.98 Å². The van der Waals surface area contributed by atoms with Gasteiger partial charge in [-0.3, -0.25) is 4.79 Å². The maximum absolute atomic E-state index is 11.2. The summed E-state index contributed by atoms with van der Waals surface area (Å²) in [5.41, 5.74) is 2.15. The maximum atomic E-state index is 11.2. The number of hydrogen-bond donors (Lipinski definition) is 1. The van der Waals surface area contributed by atoms with Gasteiger partial charge in [0.15, 0.2) is 5.43 Å². The molecule has 0 atom stereocenters. The molecule has 60 valence electrons. The Balaban J connectivity index is 3.24. The van der Waals surface area contributed by atoms with Crippen molar-refractivity contribution in [2.75, 3.05) is 0 Å². The molecule has 0 aliphatic carbocycles. The van der Waals surface area contributed by atoms with Crippen LogP contribution in [-0.2, 0) is 12.8 Å². The number of nitrogens with one attached hydrogen (secondary N) is 1. The summed E-state index contributed by atoms with van der Waals surface area (Å²) in [6.07, 6.45) is 3.43. The summed E-state index contributed by atoms with van der Waals surface area (Å²) in [5, 5.41) is 0. The molecule has 0 amide bonds. The van der Waals surface area contributed by atoms with Crippen LogP contribution in [0.4, 0.5) is 0 Å². The molecule has 0 aliphatic heterocycles. The monoisotopic (exact) mass is 151 g/mol. The molecular weight excluding hydrogens is 138 g/mol. The molecule has 0 aromatic carbocycles. The van der Waals surface area contributed by atoms with E-state index in [4.69, 9.17) is 0 Å². The first kappa shape index (κ1) is 8.05. The van der Waals surface area contributed by atoms with E-state index in [-0.39, 0.29) is 5.43 Å². The van der Waals surface area contributed by atoms with Crippen molar-refractivity contribution in [3.63, 3.8) is 0 Å². The van der Waals surface area contributed by atoms with Crippen molar-refractivity contribution in [3.05, 3.63) is 33.7 Å². The average molecular weight is 151 g/mol. The van der Waals surface area contributed by atoms with Crippen LogP contribution in [0.25, 0.3) is 0 Å². The molecule has 0 spiro atoms. The highest BCUT2D eigenvalue weighted by atomic mass is 16.1. The van der Waals surface area contributed by atoms with Gasteiger partial charge in [-0.25, -0.2) is 0 Å². The fraction of sp³-hybridized carbons (Fsp3) is 0.444. The van der Waals surface area contributed by atoms with E-state index in [1.807, 2.05) is 13.8 Å². The third-order valence-electron chi connectivity index (χ3n) is 1.86. The van der Waals surface area contributed by atoms with Crippen molar-refractivity contribution in [1.29, 1.82) is 0 Å². The second-order valence-corrected chi connectivity index (χ2v) is 2.51. The SMILES string of the molecule is CCc1[nH]ccc(=O)c1CC. The fourth-order valence-electron chi connectivity index (χ4n) is 1.26. The first-order valence-corrected chi connectivity index (χ1v) is 3.99. The molecule has 0 bridgehead atoms. The summed E-state index contributed by atoms with van der Waals surface area (Å²) in [6.45, 7) is 4.05. The van der Waals surface area contributed by atoms with Crippen LogP contribution in [0.15, 0.2) is 17.1 Å². The van der Waals surface area contributed by atoms with Crippen molar-refractivity contribution in [3.8, 4) is 0 Å². The molecule has 1 N–H and O–H groups in total. The molecule has 1 aromatic rings. The van der Waals surface area contributed by atoms with Gasteiger partial charge in [0.2, 0.25) is 0 Å². The van der Waals surface area contributed by atoms with Gasteiger partial charge < -0.3 is 4.98 Å². The van der Waals surface area contributed by atoms with E-state index in [1.165, 1.54) is 0 Å². The summed E-state index contributed by atoms with van der Waals surface area (Å²) in [5.74, 6) is 0. The van der Waals surface area contributed by atoms with Crippen LogP contribution in [0.1, 0.15) is 25.1 Å². The Bertz CT molecular complexity index is 288. The van der Waals surface area contributed by atoms with E-state index in [0.29, 0.717) is 0 Å². The van der Waals surface area contributed by atoms with Crippen molar-refractivity contribution >= 4 is 0 Å². The Morgan fingerprint density at radius 2 is 2.09 bits per heavy atom. The Morgan fingerprint density at radius 1 is 1.36 bits per heavy atom. The Kier molecular flexibility index (Phi) is 2.47. The van der Waals surface area contributed by atoms with Gasteiger partial charge in [-0.05, 0) is 12.8 Å². The predicted octanol–water partition coefficient (Wildman–Crippen LogP) is 1.50. The average Bonchev–Trinajstić information content (AvgIpc) is 2.04. The molecular formula is C9H13NO. The third kappa shape index (κ3) is 1.50. The third-order valence-corrected chi connectivity index (χ3v) is 1.86. The zero-order valence-corrected chi connectivity index (χ0v) is 6.98. The van der Waals surface area contributed by atoms with E-state index in [1.54, 1.807) is 12.3 Å². The number of hydrogen-bond acceptors (Lipinski definition) is 1.